The molecule has 30 heavy (non-hydrogen) atoms. The molecule has 2 aliphatic heterocycles. The van der Waals surface area contributed by atoms with Crippen molar-refractivity contribution in [2.75, 3.05) is 26.2 Å². The molecule has 0 spiro atoms. The Morgan fingerprint density at radius 3 is 2.83 bits per heavy atom. The lowest BCUT2D eigenvalue weighted by atomic mass is 9.96. The summed E-state index contributed by atoms with van der Waals surface area (Å²) in [6.07, 6.45) is 3.99. The van der Waals surface area contributed by atoms with E-state index in [0.717, 1.165) is 50.0 Å². The van der Waals surface area contributed by atoms with Crippen LogP contribution in [-0.2, 0) is 4.79 Å². The lowest BCUT2D eigenvalue weighted by molar-refractivity contribution is -0.123. The summed E-state index contributed by atoms with van der Waals surface area (Å²) < 4.78 is 0. The Balaban J connectivity index is 0.00000160. The normalized spacial score (nSPS) is 20.7. The number of aromatic nitrogens is 1. The van der Waals surface area contributed by atoms with Gasteiger partial charge in [-0.15, -0.1) is 36.2 Å². The third-order valence-electron chi connectivity index (χ3n) is 5.59. The number of carbonyl (C=O) groups excluding carboxylic acids is 2. The fraction of sp³-hybridized carbons (Fsp3) is 0.476. The second-order valence-electron chi connectivity index (χ2n) is 7.61. The first-order valence-corrected chi connectivity index (χ1v) is 10.9. The van der Waals surface area contributed by atoms with Crippen LogP contribution in [0.15, 0.2) is 35.2 Å². The Kier molecular flexibility index (Phi) is 9.55. The third-order valence-corrected chi connectivity index (χ3v) is 6.17. The number of benzene rings is 1. The van der Waals surface area contributed by atoms with E-state index in [-0.39, 0.29) is 42.7 Å². The van der Waals surface area contributed by atoms with Gasteiger partial charge in [0.15, 0.2) is 0 Å². The summed E-state index contributed by atoms with van der Waals surface area (Å²) in [6, 6.07) is 7.65. The Bertz CT molecular complexity index is 828. The molecular weight excluding hydrogens is 443 g/mol. The quantitative estimate of drug-likeness (QED) is 0.702. The first-order chi connectivity index (χ1) is 13.7. The zero-order chi connectivity index (χ0) is 19.3. The molecule has 9 heteroatoms. The second kappa shape index (κ2) is 11.6. The maximum atomic E-state index is 13.0. The van der Waals surface area contributed by atoms with Crippen molar-refractivity contribution < 1.29 is 9.59 Å². The molecule has 0 bridgehead atoms. The van der Waals surface area contributed by atoms with Gasteiger partial charge in [0, 0.05) is 36.1 Å². The van der Waals surface area contributed by atoms with Crippen LogP contribution in [0.4, 0.5) is 0 Å². The predicted molar refractivity (Wildman–Crippen MR) is 125 cm³/mol. The molecule has 3 heterocycles. The molecule has 1 aromatic carbocycles. The maximum absolute atomic E-state index is 13.0. The number of hydrogen-bond acceptors (Lipinski definition) is 5. The largest absolute Gasteiger partial charge is 0.354 e. The molecule has 2 N–H and O–H groups in total. The number of rotatable bonds is 5. The molecule has 2 fully saturated rings. The highest BCUT2D eigenvalue weighted by molar-refractivity contribution is 7.07. The molecule has 2 amide bonds. The van der Waals surface area contributed by atoms with Gasteiger partial charge >= 0.3 is 0 Å². The minimum atomic E-state index is -0.0465. The highest BCUT2D eigenvalue weighted by Gasteiger charge is 2.27. The van der Waals surface area contributed by atoms with Crippen molar-refractivity contribution in [3.8, 4) is 11.3 Å². The predicted octanol–water partition coefficient (Wildman–Crippen LogP) is 3.37. The van der Waals surface area contributed by atoms with Crippen molar-refractivity contribution in [1.82, 2.24) is 20.5 Å². The van der Waals surface area contributed by atoms with E-state index in [9.17, 15) is 9.59 Å². The standard InChI is InChI=1S/C21H26N4O2S.2ClH/c26-20(18-7-2-8-22-18)23-11-15-4-3-9-25(12-15)21(27)17-6-1-5-16(10-17)19-13-28-14-24-19;;/h1,5-6,10,13-15,18,22H,2-4,7-9,11-12H2,(H,23,26);2*1H. The molecule has 164 valence electrons. The van der Waals surface area contributed by atoms with E-state index in [1.54, 1.807) is 16.8 Å². The van der Waals surface area contributed by atoms with Crippen molar-refractivity contribution in [2.24, 2.45) is 5.92 Å². The van der Waals surface area contributed by atoms with E-state index in [1.807, 2.05) is 34.5 Å². The van der Waals surface area contributed by atoms with Gasteiger partial charge in [0.1, 0.15) is 0 Å². The topological polar surface area (TPSA) is 74.3 Å². The second-order valence-corrected chi connectivity index (χ2v) is 8.33. The van der Waals surface area contributed by atoms with Gasteiger partial charge in [-0.2, -0.15) is 0 Å². The monoisotopic (exact) mass is 470 g/mol. The number of nitrogens with zero attached hydrogens (tertiary/aromatic N) is 2. The SMILES string of the molecule is Cl.Cl.O=C(NCC1CCCN(C(=O)c2cccc(-c3cscn3)c2)C1)C1CCCN1. The molecule has 2 unspecified atom stereocenters. The van der Waals surface area contributed by atoms with Gasteiger partial charge in [0.25, 0.3) is 5.91 Å². The van der Waals surface area contributed by atoms with Crippen LogP contribution < -0.4 is 10.6 Å². The number of hydrogen-bond donors (Lipinski definition) is 2. The average Bonchev–Trinajstić information content (AvgIpc) is 3.46. The van der Waals surface area contributed by atoms with Crippen LogP contribution in [-0.4, -0.2) is 53.9 Å². The Morgan fingerprint density at radius 2 is 2.10 bits per heavy atom. The Labute approximate surface area is 193 Å². The van der Waals surface area contributed by atoms with Crippen LogP contribution in [0, 0.1) is 5.92 Å². The average molecular weight is 471 g/mol. The fourth-order valence-electron chi connectivity index (χ4n) is 4.04. The number of thiazole rings is 1. The van der Waals surface area contributed by atoms with Gasteiger partial charge in [-0.3, -0.25) is 9.59 Å². The van der Waals surface area contributed by atoms with Crippen LogP contribution in [0.25, 0.3) is 11.3 Å². The molecule has 2 saturated heterocycles. The Hall–Kier alpha value is -1.67. The molecule has 4 rings (SSSR count). The summed E-state index contributed by atoms with van der Waals surface area (Å²) in [7, 11) is 0. The summed E-state index contributed by atoms with van der Waals surface area (Å²) in [4.78, 5) is 31.5. The fourth-order valence-corrected chi connectivity index (χ4v) is 4.60. The molecule has 2 atom stereocenters. The van der Waals surface area contributed by atoms with Crippen LogP contribution in [0.2, 0.25) is 0 Å². The van der Waals surface area contributed by atoms with Crippen molar-refractivity contribution in [3.05, 3.63) is 40.7 Å². The maximum Gasteiger partial charge on any atom is 0.253 e. The van der Waals surface area contributed by atoms with Gasteiger partial charge in [0.2, 0.25) is 5.91 Å². The van der Waals surface area contributed by atoms with Crippen molar-refractivity contribution in [2.45, 2.75) is 31.7 Å². The number of piperidine rings is 1. The number of likely N-dealkylation sites (tertiary alicyclic amines) is 1. The molecule has 2 aromatic rings. The molecule has 0 radical (unpaired) electrons. The Morgan fingerprint density at radius 1 is 1.23 bits per heavy atom. The first kappa shape index (κ1) is 24.6. The molecule has 0 saturated carbocycles. The minimum absolute atomic E-state index is 0. The summed E-state index contributed by atoms with van der Waals surface area (Å²) >= 11 is 1.55. The van der Waals surface area contributed by atoms with Gasteiger partial charge in [-0.05, 0) is 50.3 Å². The molecule has 2 aliphatic rings. The van der Waals surface area contributed by atoms with E-state index in [4.69, 9.17) is 0 Å². The highest BCUT2D eigenvalue weighted by Crippen LogP contribution is 2.23. The minimum Gasteiger partial charge on any atom is -0.354 e. The van der Waals surface area contributed by atoms with Crippen molar-refractivity contribution in [1.29, 1.82) is 0 Å². The highest BCUT2D eigenvalue weighted by atomic mass is 35.5. The van der Waals surface area contributed by atoms with E-state index >= 15 is 0 Å². The summed E-state index contributed by atoms with van der Waals surface area (Å²) in [5.74, 6) is 0.465. The van der Waals surface area contributed by atoms with Crippen molar-refractivity contribution in [3.63, 3.8) is 0 Å². The molecule has 6 nitrogen and oxygen atoms in total. The van der Waals surface area contributed by atoms with E-state index in [1.165, 1.54) is 0 Å². The van der Waals surface area contributed by atoms with Gasteiger partial charge in [-0.1, -0.05) is 12.1 Å². The summed E-state index contributed by atoms with van der Waals surface area (Å²) in [6.45, 7) is 3.02. The van der Waals surface area contributed by atoms with Crippen LogP contribution in [0.3, 0.4) is 0 Å². The molecular formula is C21H28Cl2N4O2S. The summed E-state index contributed by atoms with van der Waals surface area (Å²) in [5.41, 5.74) is 4.37. The van der Waals surface area contributed by atoms with E-state index < -0.39 is 0 Å². The van der Waals surface area contributed by atoms with Gasteiger partial charge < -0.3 is 15.5 Å². The number of nitrogens with one attached hydrogen (secondary N) is 2. The lowest BCUT2D eigenvalue weighted by Gasteiger charge is -2.33. The number of carbonyl (C=O) groups is 2. The number of halogens is 2. The van der Waals surface area contributed by atoms with Gasteiger partial charge in [-0.25, -0.2) is 4.98 Å². The van der Waals surface area contributed by atoms with Crippen LogP contribution in [0.1, 0.15) is 36.0 Å². The zero-order valence-electron chi connectivity index (χ0n) is 16.7. The van der Waals surface area contributed by atoms with Crippen LogP contribution >= 0.6 is 36.2 Å². The van der Waals surface area contributed by atoms with E-state index in [2.05, 4.69) is 15.6 Å². The smallest absolute Gasteiger partial charge is 0.253 e. The third kappa shape index (κ3) is 5.94. The zero-order valence-corrected chi connectivity index (χ0v) is 19.2. The lowest BCUT2D eigenvalue weighted by Crippen LogP contribution is -2.46. The number of amides is 2. The molecule has 0 aliphatic carbocycles. The van der Waals surface area contributed by atoms with Crippen LogP contribution in [0.5, 0.6) is 0 Å². The van der Waals surface area contributed by atoms with Gasteiger partial charge in [0.05, 0.1) is 17.2 Å². The first-order valence-electron chi connectivity index (χ1n) is 10.00. The summed E-state index contributed by atoms with van der Waals surface area (Å²) in [5, 5.41) is 8.29. The molecule has 1 aromatic heterocycles. The van der Waals surface area contributed by atoms with Crippen molar-refractivity contribution >= 4 is 48.0 Å². The van der Waals surface area contributed by atoms with E-state index in [0.29, 0.717) is 24.6 Å².